The van der Waals surface area contributed by atoms with Gasteiger partial charge >= 0.3 is 0 Å². The number of benzene rings is 2. The fraction of sp³-hybridized carbons (Fsp3) is 0.235. The zero-order chi connectivity index (χ0) is 14.7. The zero-order valence-electron chi connectivity index (χ0n) is 12.1. The van der Waals surface area contributed by atoms with Crippen molar-refractivity contribution in [2.75, 3.05) is 18.5 Å². The number of aliphatic hydroxyl groups is 1. The molecular formula is C17H19N3O. The molecule has 0 atom stereocenters. The smallest absolute Gasteiger partial charge is 0.204 e. The SMILES string of the molecule is Cc1ccc(Cn2c(NCCO)nc3ccccc32)cc1. The molecule has 0 aliphatic heterocycles. The summed E-state index contributed by atoms with van der Waals surface area (Å²) >= 11 is 0. The van der Waals surface area contributed by atoms with E-state index in [9.17, 15) is 0 Å². The van der Waals surface area contributed by atoms with Crippen molar-refractivity contribution in [1.29, 1.82) is 0 Å². The molecule has 0 amide bonds. The first-order valence-electron chi connectivity index (χ1n) is 7.13. The predicted octanol–water partition coefficient (Wildman–Crippen LogP) is 2.80. The van der Waals surface area contributed by atoms with Crippen molar-refractivity contribution >= 4 is 17.0 Å². The third kappa shape index (κ3) is 2.90. The monoisotopic (exact) mass is 281 g/mol. The Bertz CT molecular complexity index is 731. The Morgan fingerprint density at radius 3 is 2.62 bits per heavy atom. The highest BCUT2D eigenvalue weighted by molar-refractivity contribution is 5.78. The summed E-state index contributed by atoms with van der Waals surface area (Å²) in [6, 6.07) is 16.6. The average Bonchev–Trinajstić information content (AvgIpc) is 2.85. The fourth-order valence-electron chi connectivity index (χ4n) is 2.41. The number of imidazole rings is 1. The van der Waals surface area contributed by atoms with Gasteiger partial charge in [0.05, 0.1) is 24.2 Å². The van der Waals surface area contributed by atoms with Gasteiger partial charge in [-0.1, -0.05) is 42.0 Å². The van der Waals surface area contributed by atoms with Crippen molar-refractivity contribution in [2.24, 2.45) is 0 Å². The summed E-state index contributed by atoms with van der Waals surface area (Å²) < 4.78 is 2.15. The summed E-state index contributed by atoms with van der Waals surface area (Å²) in [5.41, 5.74) is 4.55. The second-order valence-corrected chi connectivity index (χ2v) is 5.15. The lowest BCUT2D eigenvalue weighted by Crippen LogP contribution is -2.12. The number of hydrogen-bond donors (Lipinski definition) is 2. The fourth-order valence-corrected chi connectivity index (χ4v) is 2.41. The van der Waals surface area contributed by atoms with Gasteiger partial charge in [0.2, 0.25) is 5.95 Å². The van der Waals surface area contributed by atoms with Crippen LogP contribution >= 0.6 is 0 Å². The second-order valence-electron chi connectivity index (χ2n) is 5.15. The third-order valence-electron chi connectivity index (χ3n) is 3.51. The molecular weight excluding hydrogens is 262 g/mol. The van der Waals surface area contributed by atoms with Gasteiger partial charge in [-0.25, -0.2) is 4.98 Å². The van der Waals surface area contributed by atoms with Crippen molar-refractivity contribution in [3.63, 3.8) is 0 Å². The van der Waals surface area contributed by atoms with Crippen LogP contribution in [-0.4, -0.2) is 27.8 Å². The molecule has 0 bridgehead atoms. The van der Waals surface area contributed by atoms with Crippen LogP contribution in [0.4, 0.5) is 5.95 Å². The molecule has 0 aliphatic carbocycles. The molecule has 0 aliphatic rings. The van der Waals surface area contributed by atoms with E-state index < -0.39 is 0 Å². The highest BCUT2D eigenvalue weighted by atomic mass is 16.3. The van der Waals surface area contributed by atoms with Crippen LogP contribution in [0.25, 0.3) is 11.0 Å². The largest absolute Gasteiger partial charge is 0.395 e. The van der Waals surface area contributed by atoms with Crippen LogP contribution in [0, 0.1) is 6.92 Å². The first-order chi connectivity index (χ1) is 10.3. The molecule has 1 heterocycles. The minimum absolute atomic E-state index is 0.0910. The van der Waals surface area contributed by atoms with E-state index in [-0.39, 0.29) is 6.61 Å². The summed E-state index contributed by atoms with van der Waals surface area (Å²) in [7, 11) is 0. The van der Waals surface area contributed by atoms with Crippen LogP contribution < -0.4 is 5.32 Å². The van der Waals surface area contributed by atoms with Crippen molar-refractivity contribution in [3.8, 4) is 0 Å². The van der Waals surface area contributed by atoms with Gasteiger partial charge in [-0.3, -0.25) is 0 Å². The van der Waals surface area contributed by atoms with Crippen molar-refractivity contribution in [1.82, 2.24) is 9.55 Å². The number of aliphatic hydroxyl groups excluding tert-OH is 1. The molecule has 4 heteroatoms. The molecule has 0 spiro atoms. The second kappa shape index (κ2) is 5.97. The van der Waals surface area contributed by atoms with Crippen LogP contribution in [0.2, 0.25) is 0 Å². The summed E-state index contributed by atoms with van der Waals surface area (Å²) in [5, 5.41) is 12.2. The Morgan fingerprint density at radius 2 is 1.86 bits per heavy atom. The maximum Gasteiger partial charge on any atom is 0.204 e. The van der Waals surface area contributed by atoms with Crippen LogP contribution in [0.15, 0.2) is 48.5 Å². The summed E-state index contributed by atoms with van der Waals surface area (Å²) in [6.45, 7) is 3.43. The molecule has 0 saturated carbocycles. The molecule has 0 fully saturated rings. The van der Waals surface area contributed by atoms with E-state index in [1.54, 1.807) is 0 Å². The van der Waals surface area contributed by atoms with Gasteiger partial charge < -0.3 is 15.0 Å². The number of hydrogen-bond acceptors (Lipinski definition) is 3. The van der Waals surface area contributed by atoms with Gasteiger partial charge in [0.1, 0.15) is 0 Å². The number of anilines is 1. The van der Waals surface area contributed by atoms with Gasteiger partial charge in [-0.05, 0) is 24.6 Å². The Morgan fingerprint density at radius 1 is 1.10 bits per heavy atom. The Hall–Kier alpha value is -2.33. The highest BCUT2D eigenvalue weighted by Gasteiger charge is 2.10. The minimum Gasteiger partial charge on any atom is -0.395 e. The zero-order valence-corrected chi connectivity index (χ0v) is 12.1. The van der Waals surface area contributed by atoms with E-state index in [2.05, 4.69) is 52.1 Å². The van der Waals surface area contributed by atoms with Gasteiger partial charge in [0.25, 0.3) is 0 Å². The number of nitrogens with one attached hydrogen (secondary N) is 1. The first-order valence-corrected chi connectivity index (χ1v) is 7.13. The summed E-state index contributed by atoms with van der Waals surface area (Å²) in [6.07, 6.45) is 0. The maximum absolute atomic E-state index is 9.01. The lowest BCUT2D eigenvalue weighted by atomic mass is 10.1. The Kier molecular flexibility index (Phi) is 3.88. The number of nitrogens with zero attached hydrogens (tertiary/aromatic N) is 2. The molecule has 3 rings (SSSR count). The van der Waals surface area contributed by atoms with Gasteiger partial charge in [0.15, 0.2) is 0 Å². The van der Waals surface area contributed by atoms with Gasteiger partial charge in [0, 0.05) is 6.54 Å². The topological polar surface area (TPSA) is 50.1 Å². The van der Waals surface area contributed by atoms with Crippen molar-refractivity contribution in [3.05, 3.63) is 59.7 Å². The maximum atomic E-state index is 9.01. The van der Waals surface area contributed by atoms with E-state index in [0.29, 0.717) is 6.54 Å². The Labute approximate surface area is 124 Å². The summed E-state index contributed by atoms with van der Waals surface area (Å²) in [4.78, 5) is 4.60. The predicted molar refractivity (Wildman–Crippen MR) is 85.6 cm³/mol. The van der Waals surface area contributed by atoms with E-state index in [1.807, 2.05) is 18.2 Å². The molecule has 108 valence electrons. The first kappa shape index (κ1) is 13.6. The number of rotatable bonds is 5. The molecule has 4 nitrogen and oxygen atoms in total. The minimum atomic E-state index is 0.0910. The molecule has 0 saturated heterocycles. The van der Waals surface area contributed by atoms with Crippen molar-refractivity contribution < 1.29 is 5.11 Å². The molecule has 2 N–H and O–H groups in total. The van der Waals surface area contributed by atoms with Gasteiger partial charge in [-0.2, -0.15) is 0 Å². The molecule has 2 aromatic carbocycles. The van der Waals surface area contributed by atoms with Crippen LogP contribution in [0.1, 0.15) is 11.1 Å². The van der Waals surface area contributed by atoms with E-state index in [4.69, 9.17) is 5.11 Å². The van der Waals surface area contributed by atoms with E-state index in [0.717, 1.165) is 23.5 Å². The van der Waals surface area contributed by atoms with E-state index >= 15 is 0 Å². The molecule has 3 aromatic rings. The van der Waals surface area contributed by atoms with Crippen molar-refractivity contribution in [2.45, 2.75) is 13.5 Å². The number of aryl methyl sites for hydroxylation is 1. The normalized spacial score (nSPS) is 11.0. The lowest BCUT2D eigenvalue weighted by molar-refractivity contribution is 0.310. The highest BCUT2D eigenvalue weighted by Crippen LogP contribution is 2.21. The standard InChI is InChI=1S/C17H19N3O/c1-13-6-8-14(9-7-13)12-20-16-5-3-2-4-15(16)19-17(20)18-10-11-21/h2-9,21H,10-12H2,1H3,(H,18,19). The average molecular weight is 281 g/mol. The summed E-state index contributed by atoms with van der Waals surface area (Å²) in [5.74, 6) is 0.797. The van der Waals surface area contributed by atoms with E-state index in [1.165, 1.54) is 11.1 Å². The van der Waals surface area contributed by atoms with Crippen LogP contribution in [-0.2, 0) is 6.54 Å². The van der Waals surface area contributed by atoms with Crippen LogP contribution in [0.3, 0.4) is 0 Å². The number of fused-ring (bicyclic) bond motifs is 1. The Balaban J connectivity index is 1.99. The molecule has 0 radical (unpaired) electrons. The third-order valence-corrected chi connectivity index (χ3v) is 3.51. The van der Waals surface area contributed by atoms with Gasteiger partial charge in [-0.15, -0.1) is 0 Å². The quantitative estimate of drug-likeness (QED) is 0.756. The number of aromatic nitrogens is 2. The molecule has 21 heavy (non-hydrogen) atoms. The lowest BCUT2D eigenvalue weighted by Gasteiger charge is -2.10. The molecule has 1 aromatic heterocycles. The molecule has 0 unspecified atom stereocenters. The van der Waals surface area contributed by atoms with Crippen LogP contribution in [0.5, 0.6) is 0 Å². The number of para-hydroxylation sites is 2.